The molecule has 256 valence electrons. The summed E-state index contributed by atoms with van der Waals surface area (Å²) in [5.74, 6) is 6.96. The molecular formula is C44H63FN2. The average molecular weight is 639 g/mol. The lowest BCUT2D eigenvalue weighted by Gasteiger charge is -2.37. The van der Waals surface area contributed by atoms with Crippen LogP contribution in [0.5, 0.6) is 0 Å². The summed E-state index contributed by atoms with van der Waals surface area (Å²) in [5, 5.41) is 17.8. The number of nitriles is 2. The van der Waals surface area contributed by atoms with Crippen LogP contribution in [0.3, 0.4) is 0 Å². The predicted molar refractivity (Wildman–Crippen MR) is 195 cm³/mol. The van der Waals surface area contributed by atoms with Gasteiger partial charge in [-0.05, 0) is 149 Å². The molecule has 4 aliphatic rings. The highest BCUT2D eigenvalue weighted by Crippen LogP contribution is 2.42. The maximum absolute atomic E-state index is 13.4. The van der Waals surface area contributed by atoms with Crippen LogP contribution in [-0.2, 0) is 6.42 Å². The van der Waals surface area contributed by atoms with Crippen molar-refractivity contribution in [3.8, 4) is 12.1 Å². The van der Waals surface area contributed by atoms with Crippen LogP contribution in [0.15, 0.2) is 60.0 Å². The Kier molecular flexibility index (Phi) is 15.8. The van der Waals surface area contributed by atoms with Crippen LogP contribution < -0.4 is 0 Å². The van der Waals surface area contributed by atoms with Gasteiger partial charge in [-0.15, -0.1) is 0 Å². The van der Waals surface area contributed by atoms with E-state index in [9.17, 15) is 4.39 Å². The zero-order valence-corrected chi connectivity index (χ0v) is 29.9. The van der Waals surface area contributed by atoms with Crippen LogP contribution in [0, 0.1) is 70.0 Å². The number of hydrogen-bond acceptors (Lipinski definition) is 2. The lowest BCUT2D eigenvalue weighted by Crippen LogP contribution is -2.25. The summed E-state index contributed by atoms with van der Waals surface area (Å²) >= 11 is 0. The van der Waals surface area contributed by atoms with Crippen LogP contribution in [0.2, 0.25) is 0 Å². The van der Waals surface area contributed by atoms with Gasteiger partial charge in [-0.25, -0.2) is 4.39 Å². The topological polar surface area (TPSA) is 47.6 Å². The summed E-state index contributed by atoms with van der Waals surface area (Å²) in [7, 11) is 0. The van der Waals surface area contributed by atoms with E-state index in [1.54, 1.807) is 13.0 Å². The molecule has 0 aliphatic heterocycles. The van der Waals surface area contributed by atoms with Crippen molar-refractivity contribution in [3.63, 3.8) is 0 Å². The van der Waals surface area contributed by atoms with Crippen molar-refractivity contribution in [2.24, 2.45) is 47.3 Å². The lowest BCUT2D eigenvalue weighted by atomic mass is 9.69. The Morgan fingerprint density at radius 2 is 1.26 bits per heavy atom. The molecule has 47 heavy (non-hydrogen) atoms. The van der Waals surface area contributed by atoms with E-state index in [1.807, 2.05) is 24.3 Å². The fraction of sp³-hybridized carbons (Fsp3) is 0.682. The summed E-state index contributed by atoms with van der Waals surface area (Å²) in [5.41, 5.74) is 2.29. The van der Waals surface area contributed by atoms with Gasteiger partial charge in [0.1, 0.15) is 11.9 Å². The third-order valence-corrected chi connectivity index (χ3v) is 12.6. The maximum Gasteiger partial charge on any atom is 0.136 e. The van der Waals surface area contributed by atoms with Gasteiger partial charge < -0.3 is 0 Å². The second-order valence-electron chi connectivity index (χ2n) is 15.9. The molecule has 0 amide bonds. The minimum Gasteiger partial charge on any atom is -0.206 e. The van der Waals surface area contributed by atoms with Gasteiger partial charge in [0.05, 0.1) is 17.2 Å². The molecule has 2 atom stereocenters. The molecule has 0 aromatic heterocycles. The number of nitrogens with zero attached hydrogens (tertiary/aromatic N) is 2. The minimum atomic E-state index is -0.436. The molecule has 0 bridgehead atoms. The maximum atomic E-state index is 13.4. The Morgan fingerprint density at radius 3 is 1.79 bits per heavy atom. The van der Waals surface area contributed by atoms with Gasteiger partial charge in [-0.1, -0.05) is 95.6 Å². The van der Waals surface area contributed by atoms with Crippen LogP contribution in [-0.4, -0.2) is 0 Å². The quantitative estimate of drug-likeness (QED) is 0.162. The molecule has 5 rings (SSSR count). The Bertz CT molecular complexity index is 1220. The third-order valence-electron chi connectivity index (χ3n) is 12.6. The first kappa shape index (κ1) is 37.2. The van der Waals surface area contributed by atoms with Crippen LogP contribution in [0.4, 0.5) is 4.39 Å². The second kappa shape index (κ2) is 20.0. The highest BCUT2D eigenvalue weighted by molar-refractivity contribution is 5.40. The first-order valence-corrected chi connectivity index (χ1v) is 19.5. The minimum absolute atomic E-state index is 0.122. The number of aryl methyl sites for hydroxylation is 1. The summed E-state index contributed by atoms with van der Waals surface area (Å²) in [4.78, 5) is 0. The van der Waals surface area contributed by atoms with E-state index in [0.717, 1.165) is 47.0 Å². The largest absolute Gasteiger partial charge is 0.206 e. The molecule has 2 unspecified atom stereocenters. The summed E-state index contributed by atoms with van der Waals surface area (Å²) < 4.78 is 13.4. The number of hydrogen-bond donors (Lipinski definition) is 0. The Balaban J connectivity index is 0.000000213. The first-order chi connectivity index (χ1) is 22.9. The molecule has 3 heteroatoms. The van der Waals surface area contributed by atoms with E-state index in [2.05, 4.69) is 38.1 Å². The second-order valence-corrected chi connectivity index (χ2v) is 15.9. The molecule has 0 heterocycles. The van der Waals surface area contributed by atoms with E-state index >= 15 is 0 Å². The van der Waals surface area contributed by atoms with Gasteiger partial charge >= 0.3 is 0 Å². The van der Waals surface area contributed by atoms with Crippen LogP contribution >= 0.6 is 0 Å². The third kappa shape index (κ3) is 12.4. The van der Waals surface area contributed by atoms with Crippen LogP contribution in [0.25, 0.3) is 0 Å². The van der Waals surface area contributed by atoms with Crippen molar-refractivity contribution in [2.75, 3.05) is 0 Å². The molecule has 4 saturated carbocycles. The molecule has 0 radical (unpaired) electrons. The Hall–Kier alpha value is -2.65. The van der Waals surface area contributed by atoms with Crippen molar-refractivity contribution in [1.29, 1.82) is 10.5 Å². The summed E-state index contributed by atoms with van der Waals surface area (Å²) in [6.07, 6.45) is 33.6. The van der Waals surface area contributed by atoms with E-state index in [0.29, 0.717) is 5.92 Å². The average Bonchev–Trinajstić information content (AvgIpc) is 3.36. The zero-order valence-electron chi connectivity index (χ0n) is 29.9. The lowest BCUT2D eigenvalue weighted by molar-refractivity contribution is 0.148. The van der Waals surface area contributed by atoms with Gasteiger partial charge in [0, 0.05) is 0 Å². The fourth-order valence-corrected chi connectivity index (χ4v) is 9.24. The molecule has 1 aromatic rings. The van der Waals surface area contributed by atoms with Gasteiger partial charge in [0.2, 0.25) is 0 Å². The molecular weight excluding hydrogens is 575 g/mol. The summed E-state index contributed by atoms with van der Waals surface area (Å²) in [6, 6.07) is 12.3. The smallest absolute Gasteiger partial charge is 0.136 e. The summed E-state index contributed by atoms with van der Waals surface area (Å²) in [6.45, 7) is 6.43. The van der Waals surface area contributed by atoms with E-state index < -0.39 is 5.83 Å². The van der Waals surface area contributed by atoms with Crippen molar-refractivity contribution in [2.45, 2.75) is 143 Å². The Morgan fingerprint density at radius 1 is 0.723 bits per heavy atom. The monoisotopic (exact) mass is 638 g/mol. The molecule has 0 spiro atoms. The number of allylic oxidation sites excluding steroid dienone is 6. The number of benzene rings is 1. The highest BCUT2D eigenvalue weighted by atomic mass is 19.1. The van der Waals surface area contributed by atoms with Crippen molar-refractivity contribution in [1.82, 2.24) is 0 Å². The zero-order chi connectivity index (χ0) is 33.4. The van der Waals surface area contributed by atoms with Gasteiger partial charge in [-0.3, -0.25) is 0 Å². The first-order valence-electron chi connectivity index (χ1n) is 19.5. The fourth-order valence-electron chi connectivity index (χ4n) is 9.24. The van der Waals surface area contributed by atoms with E-state index in [1.165, 1.54) is 134 Å². The Labute approximate surface area is 287 Å². The number of halogens is 1. The highest BCUT2D eigenvalue weighted by Gasteiger charge is 2.30. The van der Waals surface area contributed by atoms with Gasteiger partial charge in [0.15, 0.2) is 0 Å². The SMILES string of the molecule is CC1CCC(C2CCC(CCc3ccc(C#N)cc3)CC2)CC1.C\C=C(F)/C(C#N)=C\C=C\C1CCCC(C2CCC(C)CC2)CC1. The van der Waals surface area contributed by atoms with Crippen molar-refractivity contribution < 1.29 is 4.39 Å². The van der Waals surface area contributed by atoms with Crippen LogP contribution in [0.1, 0.15) is 147 Å². The van der Waals surface area contributed by atoms with Crippen molar-refractivity contribution in [3.05, 3.63) is 71.1 Å². The predicted octanol–water partition coefficient (Wildman–Crippen LogP) is 13.0. The number of rotatable bonds is 8. The molecule has 4 aliphatic carbocycles. The van der Waals surface area contributed by atoms with Gasteiger partial charge in [0.25, 0.3) is 0 Å². The molecule has 2 nitrogen and oxygen atoms in total. The molecule has 0 saturated heterocycles. The molecule has 4 fully saturated rings. The van der Waals surface area contributed by atoms with Gasteiger partial charge in [-0.2, -0.15) is 10.5 Å². The normalized spacial score (nSPS) is 32.4. The van der Waals surface area contributed by atoms with Crippen molar-refractivity contribution >= 4 is 0 Å². The molecule has 1 aromatic carbocycles. The standard InChI is InChI=1S/C22H32FN.C22H31N/c1-3-22(23)21(16-24)9-5-7-18-6-4-8-19(15-12-18)20-13-10-17(2)11-14-20;1-17-2-12-21(13-3-17)22-14-10-19(11-15-22)5-4-18-6-8-20(16-23)9-7-18/h3,5,7,9,17-20H,4,6,8,10-15H2,1-2H3;6-9,17,19,21-22H,2-5,10-15H2,1H3/b7-5+,21-9-,22-3+;. The van der Waals surface area contributed by atoms with E-state index in [4.69, 9.17) is 10.5 Å². The van der Waals surface area contributed by atoms with E-state index in [-0.39, 0.29) is 5.57 Å². The molecule has 0 N–H and O–H groups in total.